The molecular formula is C14H20O4. The minimum Gasteiger partial charge on any atom is -0.434 e. The highest BCUT2D eigenvalue weighted by Crippen LogP contribution is 1.95. The van der Waals surface area contributed by atoms with E-state index in [1.54, 1.807) is 13.0 Å². The molecule has 18 heavy (non-hydrogen) atoms. The number of carbonyl (C=O) groups is 2. The molecule has 4 heteroatoms. The number of rotatable bonds is 7. The van der Waals surface area contributed by atoms with Crippen molar-refractivity contribution in [2.45, 2.75) is 33.1 Å². The van der Waals surface area contributed by atoms with Gasteiger partial charge in [-0.3, -0.25) is 0 Å². The third-order valence-electron chi connectivity index (χ3n) is 1.83. The highest BCUT2D eigenvalue weighted by molar-refractivity contribution is 5.89. The van der Waals surface area contributed by atoms with Gasteiger partial charge in [0.2, 0.25) is 0 Å². The van der Waals surface area contributed by atoms with Crippen molar-refractivity contribution in [2.24, 2.45) is 0 Å². The molecule has 0 amide bonds. The molecule has 0 radical (unpaired) electrons. The van der Waals surface area contributed by atoms with Gasteiger partial charge in [0.05, 0.1) is 6.61 Å². The maximum atomic E-state index is 11.0. The van der Waals surface area contributed by atoms with Gasteiger partial charge in [-0.2, -0.15) is 0 Å². The fraction of sp³-hybridized carbons (Fsp3) is 0.429. The van der Waals surface area contributed by atoms with Crippen molar-refractivity contribution < 1.29 is 19.1 Å². The van der Waals surface area contributed by atoms with Crippen LogP contribution in [0.3, 0.4) is 0 Å². The van der Waals surface area contributed by atoms with Crippen LogP contribution in [0, 0.1) is 0 Å². The van der Waals surface area contributed by atoms with Gasteiger partial charge < -0.3 is 9.47 Å². The summed E-state index contributed by atoms with van der Waals surface area (Å²) in [6.07, 6.45) is 12.6. The summed E-state index contributed by atoms with van der Waals surface area (Å²) in [6.45, 7) is 3.91. The molecule has 0 aromatic rings. The zero-order chi connectivity index (χ0) is 13.6. The van der Waals surface area contributed by atoms with Gasteiger partial charge >= 0.3 is 12.1 Å². The molecular weight excluding hydrogens is 232 g/mol. The van der Waals surface area contributed by atoms with Crippen molar-refractivity contribution in [2.75, 3.05) is 6.61 Å². The van der Waals surface area contributed by atoms with Crippen LogP contribution in [0.1, 0.15) is 33.1 Å². The van der Waals surface area contributed by atoms with Crippen LogP contribution in [0.5, 0.6) is 0 Å². The normalized spacial score (nSPS) is 11.4. The summed E-state index contributed by atoms with van der Waals surface area (Å²) in [4.78, 5) is 21.8. The molecule has 0 unspecified atom stereocenters. The zero-order valence-electron chi connectivity index (χ0n) is 10.9. The molecule has 0 aliphatic heterocycles. The lowest BCUT2D eigenvalue weighted by atomic mass is 10.2. The molecule has 0 saturated heterocycles. The van der Waals surface area contributed by atoms with Crippen molar-refractivity contribution in [3.63, 3.8) is 0 Å². The largest absolute Gasteiger partial charge is 0.516 e. The van der Waals surface area contributed by atoms with Crippen molar-refractivity contribution >= 4 is 12.1 Å². The fourth-order valence-corrected chi connectivity index (χ4v) is 1.05. The summed E-state index contributed by atoms with van der Waals surface area (Å²) in [5, 5.41) is 0. The maximum Gasteiger partial charge on any atom is 0.516 e. The summed E-state index contributed by atoms with van der Waals surface area (Å²) in [5.41, 5.74) is 0. The van der Waals surface area contributed by atoms with E-state index < -0.39 is 12.1 Å². The average molecular weight is 252 g/mol. The van der Waals surface area contributed by atoms with E-state index in [0.717, 1.165) is 19.3 Å². The molecule has 0 heterocycles. The van der Waals surface area contributed by atoms with Gasteiger partial charge in [0.15, 0.2) is 0 Å². The summed E-state index contributed by atoms with van der Waals surface area (Å²) < 4.78 is 8.77. The molecule has 0 aliphatic rings. The first-order valence-corrected chi connectivity index (χ1v) is 6.07. The fourth-order valence-electron chi connectivity index (χ4n) is 1.05. The Morgan fingerprint density at radius 3 is 2.39 bits per heavy atom. The molecule has 0 spiro atoms. The van der Waals surface area contributed by atoms with E-state index in [2.05, 4.69) is 28.5 Å². The monoisotopic (exact) mass is 252 g/mol. The lowest BCUT2D eigenvalue weighted by molar-refractivity contribution is -0.134. The Bertz CT molecular complexity index is 327. The van der Waals surface area contributed by atoms with Crippen LogP contribution in [-0.4, -0.2) is 18.7 Å². The number of carbonyl (C=O) groups excluding carboxylic acids is 2. The summed E-state index contributed by atoms with van der Waals surface area (Å²) in [5.74, 6) is -0.732. The molecule has 0 fully saturated rings. The molecule has 0 N–H and O–H groups in total. The van der Waals surface area contributed by atoms with Crippen molar-refractivity contribution in [1.29, 1.82) is 0 Å². The Morgan fingerprint density at radius 1 is 1.00 bits per heavy atom. The quantitative estimate of drug-likeness (QED) is 0.174. The second-order valence-corrected chi connectivity index (χ2v) is 3.35. The molecule has 0 atom stereocenters. The Balaban J connectivity index is 3.74. The van der Waals surface area contributed by atoms with E-state index in [4.69, 9.17) is 0 Å². The molecule has 0 bridgehead atoms. The highest BCUT2D eigenvalue weighted by atomic mass is 16.7. The van der Waals surface area contributed by atoms with Crippen molar-refractivity contribution in [3.8, 4) is 0 Å². The Morgan fingerprint density at radius 2 is 1.72 bits per heavy atom. The predicted molar refractivity (Wildman–Crippen MR) is 70.1 cm³/mol. The van der Waals surface area contributed by atoms with Crippen LogP contribution in [-0.2, 0) is 14.3 Å². The lowest BCUT2D eigenvalue weighted by Crippen LogP contribution is -2.11. The third-order valence-corrected chi connectivity index (χ3v) is 1.83. The Labute approximate surface area is 108 Å². The van der Waals surface area contributed by atoms with E-state index in [-0.39, 0.29) is 6.61 Å². The minimum atomic E-state index is -0.971. The van der Waals surface area contributed by atoms with E-state index in [1.807, 2.05) is 6.08 Å². The van der Waals surface area contributed by atoms with Gasteiger partial charge in [-0.15, -0.1) is 0 Å². The molecule has 0 aliphatic carbocycles. The highest BCUT2D eigenvalue weighted by Gasteiger charge is 2.06. The molecule has 100 valence electrons. The van der Waals surface area contributed by atoms with E-state index >= 15 is 0 Å². The predicted octanol–water partition coefficient (Wildman–Crippen LogP) is 3.54. The molecule has 0 aromatic heterocycles. The number of allylic oxidation sites excluding steroid dienone is 5. The number of ether oxygens (including phenoxy) is 2. The van der Waals surface area contributed by atoms with Gasteiger partial charge in [-0.1, -0.05) is 37.3 Å². The van der Waals surface area contributed by atoms with Gasteiger partial charge in [0.1, 0.15) is 0 Å². The van der Waals surface area contributed by atoms with Gasteiger partial charge in [-0.25, -0.2) is 9.59 Å². The van der Waals surface area contributed by atoms with Crippen LogP contribution in [0.25, 0.3) is 0 Å². The SMILES string of the molecule is CC/C=C/CC/C=C/C=C/C(=O)OC(=O)OCC. The molecule has 0 aromatic carbocycles. The number of esters is 1. The van der Waals surface area contributed by atoms with Gasteiger partial charge in [0.25, 0.3) is 0 Å². The first-order valence-electron chi connectivity index (χ1n) is 6.07. The van der Waals surface area contributed by atoms with E-state index in [1.165, 1.54) is 12.2 Å². The zero-order valence-corrected chi connectivity index (χ0v) is 10.9. The van der Waals surface area contributed by atoms with Crippen LogP contribution < -0.4 is 0 Å². The maximum absolute atomic E-state index is 11.0. The molecule has 4 nitrogen and oxygen atoms in total. The molecule has 0 saturated carbocycles. The summed E-state index contributed by atoms with van der Waals surface area (Å²) in [7, 11) is 0. The first kappa shape index (κ1) is 16.2. The summed E-state index contributed by atoms with van der Waals surface area (Å²) >= 11 is 0. The lowest BCUT2D eigenvalue weighted by Gasteiger charge is -1.98. The topological polar surface area (TPSA) is 52.6 Å². The Kier molecular flexibility index (Phi) is 10.4. The van der Waals surface area contributed by atoms with Crippen molar-refractivity contribution in [1.82, 2.24) is 0 Å². The number of hydrogen-bond acceptors (Lipinski definition) is 4. The van der Waals surface area contributed by atoms with Crippen molar-refractivity contribution in [3.05, 3.63) is 36.5 Å². The van der Waals surface area contributed by atoms with E-state index in [9.17, 15) is 9.59 Å². The van der Waals surface area contributed by atoms with Crippen LogP contribution in [0.4, 0.5) is 4.79 Å². The third kappa shape index (κ3) is 10.7. The summed E-state index contributed by atoms with van der Waals surface area (Å²) in [6, 6.07) is 0. The Hall–Kier alpha value is -1.84. The smallest absolute Gasteiger partial charge is 0.434 e. The number of hydrogen-bond donors (Lipinski definition) is 0. The van der Waals surface area contributed by atoms with Crippen LogP contribution >= 0.6 is 0 Å². The van der Waals surface area contributed by atoms with Gasteiger partial charge in [0, 0.05) is 6.08 Å². The molecule has 0 rings (SSSR count). The van der Waals surface area contributed by atoms with Crippen LogP contribution in [0.15, 0.2) is 36.5 Å². The standard InChI is InChI=1S/C14H20O4/c1-3-5-6-7-8-9-10-11-12-13(15)18-14(16)17-4-2/h5-6,9-12H,3-4,7-8H2,1-2H3/b6-5+,10-9+,12-11+. The van der Waals surface area contributed by atoms with E-state index in [0.29, 0.717) is 0 Å². The van der Waals surface area contributed by atoms with Crippen LogP contribution in [0.2, 0.25) is 0 Å². The minimum absolute atomic E-state index is 0.182. The first-order chi connectivity index (χ1) is 8.70. The second-order valence-electron chi connectivity index (χ2n) is 3.35. The number of unbranched alkanes of at least 4 members (excludes halogenated alkanes) is 1. The second kappa shape index (κ2) is 11.6. The average Bonchev–Trinajstić information content (AvgIpc) is 2.32. The van der Waals surface area contributed by atoms with Gasteiger partial charge in [-0.05, 0) is 26.2 Å².